The Bertz CT molecular complexity index is 796. The lowest BCUT2D eigenvalue weighted by Crippen LogP contribution is -2.34. The molecule has 6 heteroatoms. The summed E-state index contributed by atoms with van der Waals surface area (Å²) >= 11 is 0. The van der Waals surface area contributed by atoms with Crippen LogP contribution in [0.4, 0.5) is 0 Å². The summed E-state index contributed by atoms with van der Waals surface area (Å²) in [7, 11) is 0. The van der Waals surface area contributed by atoms with Gasteiger partial charge in [0.15, 0.2) is 5.65 Å². The van der Waals surface area contributed by atoms with E-state index in [0.717, 1.165) is 55.5 Å². The number of fused-ring (bicyclic) bond motifs is 1. The molecule has 1 amide bonds. The lowest BCUT2D eigenvalue weighted by molar-refractivity contribution is -0.134. The molecule has 0 aromatic carbocycles. The van der Waals surface area contributed by atoms with Crippen molar-refractivity contribution < 1.29 is 4.79 Å². The van der Waals surface area contributed by atoms with E-state index in [1.165, 1.54) is 0 Å². The maximum absolute atomic E-state index is 12.8. The summed E-state index contributed by atoms with van der Waals surface area (Å²) in [4.78, 5) is 19.3. The maximum Gasteiger partial charge on any atom is 0.226 e. The summed E-state index contributed by atoms with van der Waals surface area (Å²) < 4.78 is 1.90. The van der Waals surface area contributed by atoms with Gasteiger partial charge in [-0.3, -0.25) is 4.79 Å². The van der Waals surface area contributed by atoms with Gasteiger partial charge in [0.1, 0.15) is 0 Å². The molecule has 0 radical (unpaired) electrons. The Morgan fingerprint density at radius 3 is 3.04 bits per heavy atom. The molecule has 4 rings (SSSR count). The average Bonchev–Trinajstić information content (AvgIpc) is 3.28. The molecule has 2 N–H and O–H groups in total. The van der Waals surface area contributed by atoms with Crippen molar-refractivity contribution >= 4 is 16.9 Å². The molecule has 2 aliphatic rings. The predicted octanol–water partition coefficient (Wildman–Crippen LogP) is 2.06. The Morgan fingerprint density at radius 2 is 2.24 bits per heavy atom. The highest BCUT2D eigenvalue weighted by Crippen LogP contribution is 2.33. The van der Waals surface area contributed by atoms with Crippen LogP contribution in [0.5, 0.6) is 0 Å². The van der Waals surface area contributed by atoms with Crippen LogP contribution in [0.15, 0.2) is 30.5 Å². The van der Waals surface area contributed by atoms with Crippen molar-refractivity contribution in [2.45, 2.75) is 38.1 Å². The smallest absolute Gasteiger partial charge is 0.226 e. The molecule has 0 spiro atoms. The van der Waals surface area contributed by atoms with Crippen molar-refractivity contribution in [3.63, 3.8) is 0 Å². The number of carbonyl (C=O) groups excluding carboxylic acids is 1. The lowest BCUT2D eigenvalue weighted by atomic mass is 9.93. The molecule has 2 aromatic rings. The van der Waals surface area contributed by atoms with E-state index < -0.39 is 0 Å². The number of pyridine rings is 1. The van der Waals surface area contributed by atoms with Gasteiger partial charge in [0.25, 0.3) is 0 Å². The van der Waals surface area contributed by atoms with E-state index in [1.807, 2.05) is 15.6 Å². The SMILES string of the molecule is NCCn1nc([C@H]2CCN(C(=O)[C@H]3CC=CCC3)C2)c2cccnc21. The van der Waals surface area contributed by atoms with Crippen LogP contribution < -0.4 is 5.73 Å². The zero-order valence-electron chi connectivity index (χ0n) is 14.5. The number of allylic oxidation sites excluding steroid dienone is 2. The van der Waals surface area contributed by atoms with Gasteiger partial charge >= 0.3 is 0 Å². The molecule has 2 atom stereocenters. The quantitative estimate of drug-likeness (QED) is 0.865. The summed E-state index contributed by atoms with van der Waals surface area (Å²) in [6.07, 6.45) is 9.98. The molecule has 1 aliphatic carbocycles. The Morgan fingerprint density at radius 1 is 1.32 bits per heavy atom. The van der Waals surface area contributed by atoms with E-state index >= 15 is 0 Å². The Labute approximate surface area is 147 Å². The first-order valence-electron chi connectivity index (χ1n) is 9.23. The molecular weight excluding hydrogens is 314 g/mol. The van der Waals surface area contributed by atoms with Crippen LogP contribution in [0.1, 0.15) is 37.3 Å². The molecule has 1 saturated heterocycles. The van der Waals surface area contributed by atoms with Gasteiger partial charge in [0, 0.05) is 43.1 Å². The van der Waals surface area contributed by atoms with E-state index in [9.17, 15) is 4.79 Å². The van der Waals surface area contributed by atoms with Gasteiger partial charge in [-0.15, -0.1) is 0 Å². The monoisotopic (exact) mass is 339 g/mol. The molecular formula is C19H25N5O. The van der Waals surface area contributed by atoms with Gasteiger partial charge in [-0.05, 0) is 37.8 Å². The average molecular weight is 339 g/mol. The highest BCUT2D eigenvalue weighted by molar-refractivity contribution is 5.81. The number of nitrogens with two attached hydrogens (primary N) is 1. The number of carbonyl (C=O) groups is 1. The van der Waals surface area contributed by atoms with Gasteiger partial charge in [-0.2, -0.15) is 5.10 Å². The number of aromatic nitrogens is 3. The zero-order valence-corrected chi connectivity index (χ0v) is 14.5. The summed E-state index contributed by atoms with van der Waals surface area (Å²) in [5.74, 6) is 0.765. The van der Waals surface area contributed by atoms with Crippen molar-refractivity contribution in [3.05, 3.63) is 36.2 Å². The predicted molar refractivity (Wildman–Crippen MR) is 97.0 cm³/mol. The van der Waals surface area contributed by atoms with Gasteiger partial charge in [-0.1, -0.05) is 12.2 Å². The fourth-order valence-electron chi connectivity index (χ4n) is 4.07. The second-order valence-corrected chi connectivity index (χ2v) is 7.02. The van der Waals surface area contributed by atoms with E-state index in [-0.39, 0.29) is 11.8 Å². The second kappa shape index (κ2) is 6.96. The largest absolute Gasteiger partial charge is 0.342 e. The third-order valence-corrected chi connectivity index (χ3v) is 5.38. The van der Waals surface area contributed by atoms with Crippen LogP contribution in [0.25, 0.3) is 11.0 Å². The van der Waals surface area contributed by atoms with Crippen molar-refractivity contribution in [1.29, 1.82) is 0 Å². The van der Waals surface area contributed by atoms with E-state index in [1.54, 1.807) is 6.20 Å². The number of hydrogen-bond acceptors (Lipinski definition) is 4. The first kappa shape index (κ1) is 16.3. The molecule has 0 unspecified atom stereocenters. The molecule has 3 heterocycles. The minimum absolute atomic E-state index is 0.164. The number of nitrogens with zero attached hydrogens (tertiary/aromatic N) is 4. The van der Waals surface area contributed by atoms with Crippen LogP contribution in [-0.4, -0.2) is 45.2 Å². The second-order valence-electron chi connectivity index (χ2n) is 7.02. The molecule has 25 heavy (non-hydrogen) atoms. The molecule has 6 nitrogen and oxygen atoms in total. The summed E-state index contributed by atoms with van der Waals surface area (Å²) in [6, 6.07) is 4.03. The fourth-order valence-corrected chi connectivity index (χ4v) is 4.07. The standard InChI is InChI=1S/C19H25N5O/c20-9-12-24-18-16(7-4-10-21-18)17(22-24)15-8-11-23(13-15)19(25)14-5-2-1-3-6-14/h1-2,4,7,10,14-15H,3,5-6,8-9,11-13,20H2/t14-,15-/m0/s1. The van der Waals surface area contributed by atoms with Crippen LogP contribution in [0, 0.1) is 5.92 Å². The highest BCUT2D eigenvalue weighted by atomic mass is 16.2. The molecule has 2 aromatic heterocycles. The molecule has 0 saturated carbocycles. The number of hydrogen-bond donors (Lipinski definition) is 1. The fraction of sp³-hybridized carbons (Fsp3) is 0.526. The zero-order chi connectivity index (χ0) is 17.2. The van der Waals surface area contributed by atoms with E-state index in [4.69, 9.17) is 10.8 Å². The number of amides is 1. The Balaban J connectivity index is 1.54. The summed E-state index contributed by atoms with van der Waals surface area (Å²) in [5, 5.41) is 5.89. The van der Waals surface area contributed by atoms with Crippen molar-refractivity contribution in [2.24, 2.45) is 11.7 Å². The summed E-state index contributed by atoms with van der Waals surface area (Å²) in [6.45, 7) is 2.80. The first-order valence-corrected chi connectivity index (χ1v) is 9.23. The van der Waals surface area contributed by atoms with Gasteiger partial charge in [-0.25, -0.2) is 9.67 Å². The topological polar surface area (TPSA) is 77.0 Å². The number of rotatable bonds is 4. The van der Waals surface area contributed by atoms with Crippen LogP contribution in [-0.2, 0) is 11.3 Å². The van der Waals surface area contributed by atoms with Crippen LogP contribution in [0.3, 0.4) is 0 Å². The molecule has 1 fully saturated rings. The van der Waals surface area contributed by atoms with Crippen LogP contribution in [0.2, 0.25) is 0 Å². The van der Waals surface area contributed by atoms with Crippen molar-refractivity contribution in [3.8, 4) is 0 Å². The Hall–Kier alpha value is -2.21. The van der Waals surface area contributed by atoms with E-state index in [0.29, 0.717) is 19.0 Å². The minimum Gasteiger partial charge on any atom is -0.342 e. The lowest BCUT2D eigenvalue weighted by Gasteiger charge is -2.24. The van der Waals surface area contributed by atoms with Gasteiger partial charge < -0.3 is 10.6 Å². The minimum atomic E-state index is 0.164. The Kier molecular flexibility index (Phi) is 4.53. The summed E-state index contributed by atoms with van der Waals surface area (Å²) in [5.41, 5.74) is 7.67. The molecule has 132 valence electrons. The highest BCUT2D eigenvalue weighted by Gasteiger charge is 2.33. The normalized spacial score (nSPS) is 23.5. The van der Waals surface area contributed by atoms with Gasteiger partial charge in [0.05, 0.1) is 12.2 Å². The molecule has 1 aliphatic heterocycles. The number of likely N-dealkylation sites (tertiary alicyclic amines) is 1. The third-order valence-electron chi connectivity index (χ3n) is 5.38. The molecule has 0 bridgehead atoms. The van der Waals surface area contributed by atoms with Crippen molar-refractivity contribution in [2.75, 3.05) is 19.6 Å². The van der Waals surface area contributed by atoms with Gasteiger partial charge in [0.2, 0.25) is 5.91 Å². The van der Waals surface area contributed by atoms with Crippen molar-refractivity contribution in [1.82, 2.24) is 19.7 Å². The van der Waals surface area contributed by atoms with E-state index in [2.05, 4.69) is 23.2 Å². The maximum atomic E-state index is 12.8. The third kappa shape index (κ3) is 3.06. The first-order chi connectivity index (χ1) is 12.3. The van der Waals surface area contributed by atoms with Crippen LogP contribution >= 0.6 is 0 Å².